The van der Waals surface area contributed by atoms with Gasteiger partial charge in [-0.1, -0.05) is 12.1 Å². The van der Waals surface area contributed by atoms with E-state index in [0.29, 0.717) is 18.8 Å². The molecule has 0 aliphatic carbocycles. The lowest BCUT2D eigenvalue weighted by Gasteiger charge is -2.35. The summed E-state index contributed by atoms with van der Waals surface area (Å²) in [4.78, 5) is 14.2. The second-order valence-electron chi connectivity index (χ2n) is 7.13. The number of hydrogen-bond acceptors (Lipinski definition) is 4. The first-order chi connectivity index (χ1) is 10.8. The smallest absolute Gasteiger partial charge is 0.260 e. The normalized spacial score (nSPS) is 25.7. The third kappa shape index (κ3) is 3.61. The molecule has 0 unspecified atom stereocenters. The van der Waals surface area contributed by atoms with Gasteiger partial charge < -0.3 is 19.1 Å². The Hall–Kier alpha value is -1.75. The Bertz CT molecular complexity index is 589. The van der Waals surface area contributed by atoms with Crippen LogP contribution >= 0.6 is 0 Å². The maximum absolute atomic E-state index is 12.4. The molecule has 1 amide bonds. The van der Waals surface area contributed by atoms with Gasteiger partial charge in [-0.25, -0.2) is 0 Å². The molecule has 1 saturated heterocycles. The summed E-state index contributed by atoms with van der Waals surface area (Å²) in [6.45, 7) is 9.33. The van der Waals surface area contributed by atoms with Crippen LogP contribution in [0.5, 0.6) is 11.5 Å². The van der Waals surface area contributed by atoms with Crippen LogP contribution in [0.15, 0.2) is 18.2 Å². The fourth-order valence-electron chi connectivity index (χ4n) is 3.31. The van der Waals surface area contributed by atoms with Crippen molar-refractivity contribution in [2.24, 2.45) is 0 Å². The first-order valence-electron chi connectivity index (χ1n) is 8.21. The Kier molecular flexibility index (Phi) is 4.23. The number of rotatable bonds is 3. The highest BCUT2D eigenvalue weighted by molar-refractivity contribution is 5.78. The molecule has 2 heterocycles. The molecule has 0 saturated carbocycles. The molecule has 0 N–H and O–H groups in total. The van der Waals surface area contributed by atoms with Gasteiger partial charge in [0.2, 0.25) is 0 Å². The van der Waals surface area contributed by atoms with E-state index in [4.69, 9.17) is 14.2 Å². The standard InChI is InChI=1S/C18H25NO4/c1-12-9-19(10-13(2)22-12)16(20)11-21-15-7-5-6-14-8-18(3,4)23-17(14)15/h5-7,12-13H,8-11H2,1-4H3/t12-,13+. The van der Waals surface area contributed by atoms with Crippen LogP contribution in [-0.2, 0) is 16.0 Å². The van der Waals surface area contributed by atoms with Crippen molar-refractivity contribution < 1.29 is 19.0 Å². The zero-order chi connectivity index (χ0) is 16.6. The zero-order valence-corrected chi connectivity index (χ0v) is 14.3. The number of fused-ring (bicyclic) bond motifs is 1. The number of para-hydroxylation sites is 1. The van der Waals surface area contributed by atoms with Crippen molar-refractivity contribution in [1.29, 1.82) is 0 Å². The summed E-state index contributed by atoms with van der Waals surface area (Å²) >= 11 is 0. The molecule has 0 bridgehead atoms. The van der Waals surface area contributed by atoms with Crippen molar-refractivity contribution >= 4 is 5.91 Å². The fourth-order valence-corrected chi connectivity index (χ4v) is 3.31. The number of nitrogens with zero attached hydrogens (tertiary/aromatic N) is 1. The molecule has 0 aromatic heterocycles. The van der Waals surface area contributed by atoms with Gasteiger partial charge in [0.25, 0.3) is 5.91 Å². The number of hydrogen-bond donors (Lipinski definition) is 0. The van der Waals surface area contributed by atoms with Crippen molar-refractivity contribution in [2.45, 2.75) is 51.9 Å². The fraction of sp³-hybridized carbons (Fsp3) is 0.611. The van der Waals surface area contributed by atoms with Crippen LogP contribution in [0.2, 0.25) is 0 Å². The van der Waals surface area contributed by atoms with Gasteiger partial charge in [0.05, 0.1) is 12.2 Å². The monoisotopic (exact) mass is 319 g/mol. The molecule has 1 fully saturated rings. The molecule has 23 heavy (non-hydrogen) atoms. The van der Waals surface area contributed by atoms with Crippen molar-refractivity contribution in [1.82, 2.24) is 4.90 Å². The largest absolute Gasteiger partial charge is 0.483 e. The van der Waals surface area contributed by atoms with E-state index in [1.807, 2.05) is 36.9 Å². The minimum atomic E-state index is -0.221. The van der Waals surface area contributed by atoms with Gasteiger partial charge in [-0.2, -0.15) is 0 Å². The Morgan fingerprint density at radius 1 is 1.30 bits per heavy atom. The van der Waals surface area contributed by atoms with Crippen molar-refractivity contribution in [3.05, 3.63) is 23.8 Å². The molecule has 1 aromatic carbocycles. The first-order valence-corrected chi connectivity index (χ1v) is 8.21. The maximum Gasteiger partial charge on any atom is 0.260 e. The van der Waals surface area contributed by atoms with Gasteiger partial charge >= 0.3 is 0 Å². The van der Waals surface area contributed by atoms with E-state index in [0.717, 1.165) is 17.7 Å². The third-order valence-electron chi connectivity index (χ3n) is 4.18. The number of benzene rings is 1. The second kappa shape index (κ2) is 6.04. The summed E-state index contributed by atoms with van der Waals surface area (Å²) < 4.78 is 17.4. The van der Waals surface area contributed by atoms with Gasteiger partial charge in [-0.05, 0) is 33.8 Å². The lowest BCUT2D eigenvalue weighted by atomic mass is 10.0. The highest BCUT2D eigenvalue weighted by atomic mass is 16.5. The molecule has 0 spiro atoms. The molecule has 2 aliphatic rings. The van der Waals surface area contributed by atoms with Crippen LogP contribution in [0.4, 0.5) is 0 Å². The summed E-state index contributed by atoms with van der Waals surface area (Å²) in [5.41, 5.74) is 0.912. The van der Waals surface area contributed by atoms with Crippen LogP contribution in [0, 0.1) is 0 Å². The number of ether oxygens (including phenoxy) is 3. The third-order valence-corrected chi connectivity index (χ3v) is 4.18. The van der Waals surface area contributed by atoms with E-state index >= 15 is 0 Å². The van der Waals surface area contributed by atoms with Crippen LogP contribution in [0.1, 0.15) is 33.3 Å². The van der Waals surface area contributed by atoms with Crippen LogP contribution in [0.3, 0.4) is 0 Å². The quantitative estimate of drug-likeness (QED) is 0.858. The molecular weight excluding hydrogens is 294 g/mol. The molecule has 5 nitrogen and oxygen atoms in total. The Balaban J connectivity index is 1.63. The Morgan fingerprint density at radius 3 is 2.70 bits per heavy atom. The average Bonchev–Trinajstić information content (AvgIpc) is 2.78. The molecule has 2 atom stereocenters. The number of carbonyl (C=O) groups excluding carboxylic acids is 1. The van der Waals surface area contributed by atoms with Gasteiger partial charge in [-0.3, -0.25) is 4.79 Å². The Morgan fingerprint density at radius 2 is 2.00 bits per heavy atom. The molecule has 3 rings (SSSR count). The SMILES string of the molecule is C[C@@H]1CN(C(=O)COc2cccc3c2OC(C)(C)C3)C[C@H](C)O1. The Labute approximate surface area is 137 Å². The summed E-state index contributed by atoms with van der Waals surface area (Å²) in [6, 6.07) is 5.85. The van der Waals surface area contributed by atoms with Crippen LogP contribution < -0.4 is 9.47 Å². The highest BCUT2D eigenvalue weighted by Crippen LogP contribution is 2.41. The summed E-state index contributed by atoms with van der Waals surface area (Å²) in [7, 11) is 0. The summed E-state index contributed by atoms with van der Waals surface area (Å²) in [6.07, 6.45) is 0.979. The molecule has 126 valence electrons. The van der Waals surface area contributed by atoms with Gasteiger partial charge in [-0.15, -0.1) is 0 Å². The van der Waals surface area contributed by atoms with Crippen molar-refractivity contribution in [3.8, 4) is 11.5 Å². The van der Waals surface area contributed by atoms with E-state index < -0.39 is 0 Å². The number of amides is 1. The first kappa shape index (κ1) is 16.1. The molecule has 5 heteroatoms. The van der Waals surface area contributed by atoms with Gasteiger partial charge in [0.1, 0.15) is 5.60 Å². The molecule has 2 aliphatic heterocycles. The summed E-state index contributed by atoms with van der Waals surface area (Å²) in [5.74, 6) is 1.41. The molecule has 1 aromatic rings. The van der Waals surface area contributed by atoms with Gasteiger partial charge in [0.15, 0.2) is 18.1 Å². The predicted molar refractivity (Wildman–Crippen MR) is 86.9 cm³/mol. The predicted octanol–water partition coefficient (Wildman–Crippen LogP) is 2.41. The lowest BCUT2D eigenvalue weighted by molar-refractivity contribution is -0.145. The highest BCUT2D eigenvalue weighted by Gasteiger charge is 2.32. The van der Waals surface area contributed by atoms with E-state index in [1.165, 1.54) is 0 Å². The number of morpholine rings is 1. The van der Waals surface area contributed by atoms with Crippen LogP contribution in [-0.4, -0.2) is 48.3 Å². The topological polar surface area (TPSA) is 48.0 Å². The molecule has 0 radical (unpaired) electrons. The minimum absolute atomic E-state index is 0.0122. The summed E-state index contributed by atoms with van der Waals surface area (Å²) in [5, 5.41) is 0. The van der Waals surface area contributed by atoms with Crippen molar-refractivity contribution in [3.63, 3.8) is 0 Å². The molecular formula is C18H25NO4. The van der Waals surface area contributed by atoms with Gasteiger partial charge in [0, 0.05) is 25.1 Å². The minimum Gasteiger partial charge on any atom is -0.483 e. The lowest BCUT2D eigenvalue weighted by Crippen LogP contribution is -2.49. The number of carbonyl (C=O) groups is 1. The van der Waals surface area contributed by atoms with Crippen molar-refractivity contribution in [2.75, 3.05) is 19.7 Å². The van der Waals surface area contributed by atoms with E-state index in [9.17, 15) is 4.79 Å². The maximum atomic E-state index is 12.4. The zero-order valence-electron chi connectivity index (χ0n) is 14.3. The van der Waals surface area contributed by atoms with E-state index in [2.05, 4.69) is 13.8 Å². The van der Waals surface area contributed by atoms with E-state index in [1.54, 1.807) is 0 Å². The van der Waals surface area contributed by atoms with Crippen LogP contribution in [0.25, 0.3) is 0 Å². The average molecular weight is 319 g/mol. The van der Waals surface area contributed by atoms with E-state index in [-0.39, 0.29) is 30.3 Å². The second-order valence-corrected chi connectivity index (χ2v) is 7.13.